The quantitative estimate of drug-likeness (QED) is 0.813. The average Bonchev–Trinajstić information content (AvgIpc) is 2.48. The number of nitrogens with zero attached hydrogens (tertiary/aromatic N) is 2. The summed E-state index contributed by atoms with van der Waals surface area (Å²) < 4.78 is 18.9. The van der Waals surface area contributed by atoms with Crippen molar-refractivity contribution >= 4 is 16.8 Å². The molecule has 1 aromatic heterocycles. The van der Waals surface area contributed by atoms with Crippen molar-refractivity contribution in [2.45, 2.75) is 32.9 Å². The molecule has 0 bridgehead atoms. The lowest BCUT2D eigenvalue weighted by Gasteiger charge is -2.37. The summed E-state index contributed by atoms with van der Waals surface area (Å²) in [6.45, 7) is 6.83. The molecule has 3 rings (SSSR count). The normalized spacial score (nSPS) is 22.1. The molecule has 0 unspecified atom stereocenters. The van der Waals surface area contributed by atoms with Crippen molar-refractivity contribution in [3.63, 3.8) is 0 Å². The number of benzene rings is 1. The Hall–Kier alpha value is -2.01. The zero-order valence-electron chi connectivity index (χ0n) is 13.0. The predicted octanol–water partition coefficient (Wildman–Crippen LogP) is 2.93. The van der Waals surface area contributed by atoms with Crippen molar-refractivity contribution in [1.29, 1.82) is 0 Å². The molecular formula is C17H19FN2O2. The molecule has 2 heterocycles. The molecule has 0 N–H and O–H groups in total. The molecule has 22 heavy (non-hydrogen) atoms. The maximum Gasteiger partial charge on any atom is 0.256 e. The van der Waals surface area contributed by atoms with E-state index in [0.717, 1.165) is 5.39 Å². The molecule has 2 atom stereocenters. The summed E-state index contributed by atoms with van der Waals surface area (Å²) >= 11 is 0. The lowest BCUT2D eigenvalue weighted by atomic mass is 10.1. The highest BCUT2D eigenvalue weighted by Crippen LogP contribution is 2.21. The minimum atomic E-state index is -0.325. The third kappa shape index (κ3) is 2.68. The Kier molecular flexibility index (Phi) is 3.83. The van der Waals surface area contributed by atoms with E-state index in [1.807, 2.05) is 18.7 Å². The van der Waals surface area contributed by atoms with Crippen LogP contribution in [0.25, 0.3) is 10.9 Å². The second-order valence-electron chi connectivity index (χ2n) is 5.91. The van der Waals surface area contributed by atoms with E-state index in [4.69, 9.17) is 4.74 Å². The molecule has 2 aromatic rings. The van der Waals surface area contributed by atoms with Crippen LogP contribution in [0, 0.1) is 12.7 Å². The highest BCUT2D eigenvalue weighted by Gasteiger charge is 2.29. The van der Waals surface area contributed by atoms with Gasteiger partial charge in [-0.05, 0) is 39.0 Å². The van der Waals surface area contributed by atoms with Gasteiger partial charge in [-0.25, -0.2) is 4.39 Å². The summed E-state index contributed by atoms with van der Waals surface area (Å²) in [7, 11) is 0. The Labute approximate surface area is 128 Å². The number of carbonyl (C=O) groups excluding carboxylic acids is 1. The highest BCUT2D eigenvalue weighted by atomic mass is 19.1. The van der Waals surface area contributed by atoms with E-state index in [1.165, 1.54) is 12.1 Å². The maximum absolute atomic E-state index is 13.3. The molecule has 1 aromatic carbocycles. The molecule has 0 spiro atoms. The molecule has 0 aliphatic carbocycles. The van der Waals surface area contributed by atoms with Gasteiger partial charge < -0.3 is 9.64 Å². The van der Waals surface area contributed by atoms with E-state index >= 15 is 0 Å². The molecule has 0 radical (unpaired) electrons. The van der Waals surface area contributed by atoms with Crippen LogP contribution in [0.1, 0.15) is 29.9 Å². The number of ether oxygens (including phenoxy) is 1. The molecule has 1 amide bonds. The number of pyridine rings is 1. The Bertz CT molecular complexity index is 732. The Morgan fingerprint density at radius 2 is 2.14 bits per heavy atom. The maximum atomic E-state index is 13.3. The first-order valence-corrected chi connectivity index (χ1v) is 7.45. The predicted molar refractivity (Wildman–Crippen MR) is 82.4 cm³/mol. The number of aromatic nitrogens is 1. The van der Waals surface area contributed by atoms with Gasteiger partial charge in [-0.15, -0.1) is 0 Å². The zero-order valence-corrected chi connectivity index (χ0v) is 13.0. The Morgan fingerprint density at radius 1 is 1.36 bits per heavy atom. The average molecular weight is 302 g/mol. The topological polar surface area (TPSA) is 42.4 Å². The molecule has 1 saturated heterocycles. The molecule has 116 valence electrons. The van der Waals surface area contributed by atoms with Gasteiger partial charge in [0.05, 0.1) is 35.5 Å². The molecular weight excluding hydrogens is 283 g/mol. The zero-order chi connectivity index (χ0) is 15.9. The van der Waals surface area contributed by atoms with E-state index in [-0.39, 0.29) is 23.9 Å². The van der Waals surface area contributed by atoms with Gasteiger partial charge in [-0.1, -0.05) is 0 Å². The van der Waals surface area contributed by atoms with Crippen LogP contribution in [0.15, 0.2) is 24.3 Å². The summed E-state index contributed by atoms with van der Waals surface area (Å²) in [5, 5.41) is 0.768. The van der Waals surface area contributed by atoms with Crippen molar-refractivity contribution in [1.82, 2.24) is 9.88 Å². The smallest absolute Gasteiger partial charge is 0.256 e. The third-order valence-corrected chi connectivity index (χ3v) is 4.07. The van der Waals surface area contributed by atoms with Crippen LogP contribution in [0.4, 0.5) is 4.39 Å². The minimum Gasteiger partial charge on any atom is -0.375 e. The van der Waals surface area contributed by atoms with Crippen molar-refractivity contribution in [2.75, 3.05) is 13.2 Å². The molecule has 0 saturated carbocycles. The van der Waals surface area contributed by atoms with Crippen LogP contribution in [0.5, 0.6) is 0 Å². The van der Waals surface area contributed by atoms with Crippen molar-refractivity contribution in [3.8, 4) is 0 Å². The summed E-state index contributed by atoms with van der Waals surface area (Å²) in [5.74, 6) is -0.368. The fourth-order valence-electron chi connectivity index (χ4n) is 2.79. The number of hydrogen-bond acceptors (Lipinski definition) is 3. The first-order chi connectivity index (χ1) is 10.5. The highest BCUT2D eigenvalue weighted by molar-refractivity contribution is 5.98. The van der Waals surface area contributed by atoms with Crippen LogP contribution in [0.2, 0.25) is 0 Å². The Balaban J connectivity index is 2.00. The van der Waals surface area contributed by atoms with Gasteiger partial charge in [0.25, 0.3) is 5.91 Å². The summed E-state index contributed by atoms with van der Waals surface area (Å²) in [6, 6.07) is 6.25. The fraction of sp³-hybridized carbons (Fsp3) is 0.412. The fourth-order valence-corrected chi connectivity index (χ4v) is 2.79. The molecule has 1 fully saturated rings. The largest absolute Gasteiger partial charge is 0.375 e. The second-order valence-corrected chi connectivity index (χ2v) is 5.91. The summed E-state index contributed by atoms with van der Waals surface area (Å²) in [5.41, 5.74) is 1.76. The van der Waals surface area contributed by atoms with Crippen molar-refractivity contribution < 1.29 is 13.9 Å². The number of fused-ring (bicyclic) bond motifs is 1. The number of aryl methyl sites for hydroxylation is 1. The number of carbonyl (C=O) groups is 1. The van der Waals surface area contributed by atoms with Gasteiger partial charge in [0.2, 0.25) is 0 Å². The first-order valence-electron chi connectivity index (χ1n) is 7.45. The van der Waals surface area contributed by atoms with Crippen molar-refractivity contribution in [2.24, 2.45) is 0 Å². The van der Waals surface area contributed by atoms with Crippen LogP contribution in [-0.4, -0.2) is 41.1 Å². The van der Waals surface area contributed by atoms with Gasteiger partial charge in [0, 0.05) is 18.0 Å². The lowest BCUT2D eigenvalue weighted by molar-refractivity contribution is -0.0387. The van der Waals surface area contributed by atoms with E-state index in [2.05, 4.69) is 4.98 Å². The second kappa shape index (κ2) is 5.65. The van der Waals surface area contributed by atoms with Crippen molar-refractivity contribution in [3.05, 3.63) is 41.3 Å². The standard InChI is InChI=1S/C17H19FN2O2/c1-10-9-22-11(2)8-20(10)17(21)15-6-13-4-5-14(18)7-16(13)19-12(15)3/h4-7,10-11H,8-9H2,1-3H3/t10-,11+/m0/s1. The number of hydrogen-bond donors (Lipinski definition) is 0. The number of halogens is 1. The first kappa shape index (κ1) is 14.9. The van der Waals surface area contributed by atoms with Crippen LogP contribution >= 0.6 is 0 Å². The molecule has 5 heteroatoms. The minimum absolute atomic E-state index is 0.0305. The van der Waals surface area contributed by atoms with Crippen LogP contribution < -0.4 is 0 Å². The lowest BCUT2D eigenvalue weighted by Crippen LogP contribution is -2.50. The van der Waals surface area contributed by atoms with E-state index in [9.17, 15) is 9.18 Å². The monoisotopic (exact) mass is 302 g/mol. The third-order valence-electron chi connectivity index (χ3n) is 4.07. The van der Waals surface area contributed by atoms with Crippen LogP contribution in [-0.2, 0) is 4.74 Å². The SMILES string of the molecule is Cc1nc2cc(F)ccc2cc1C(=O)N1C[C@@H](C)OC[C@@H]1C. The number of amides is 1. The summed E-state index contributed by atoms with van der Waals surface area (Å²) in [6.07, 6.45) is 0.0305. The molecule has 4 nitrogen and oxygen atoms in total. The van der Waals surface area contributed by atoms with E-state index < -0.39 is 0 Å². The van der Waals surface area contributed by atoms with E-state index in [0.29, 0.717) is 29.9 Å². The van der Waals surface area contributed by atoms with Gasteiger partial charge in [0.15, 0.2) is 0 Å². The van der Waals surface area contributed by atoms with Gasteiger partial charge in [0.1, 0.15) is 5.82 Å². The van der Waals surface area contributed by atoms with Gasteiger partial charge in [-0.2, -0.15) is 0 Å². The molecule has 1 aliphatic heterocycles. The number of morpholine rings is 1. The molecule has 1 aliphatic rings. The van der Waals surface area contributed by atoms with Crippen LogP contribution in [0.3, 0.4) is 0 Å². The Morgan fingerprint density at radius 3 is 2.91 bits per heavy atom. The van der Waals surface area contributed by atoms with Gasteiger partial charge in [-0.3, -0.25) is 9.78 Å². The summed E-state index contributed by atoms with van der Waals surface area (Å²) in [4.78, 5) is 19.0. The van der Waals surface area contributed by atoms with E-state index in [1.54, 1.807) is 19.1 Å². The number of rotatable bonds is 1. The van der Waals surface area contributed by atoms with Gasteiger partial charge >= 0.3 is 0 Å².